The van der Waals surface area contributed by atoms with Crippen LogP contribution in [-0.2, 0) is 46.1 Å². The molecule has 0 saturated carbocycles. The van der Waals surface area contributed by atoms with E-state index in [2.05, 4.69) is 87.7 Å². The molecule has 15 rings (SSSR count). The summed E-state index contributed by atoms with van der Waals surface area (Å²) in [7, 11) is 0. The Balaban J connectivity index is 0.979. The zero-order valence-corrected chi connectivity index (χ0v) is 50.1. The summed E-state index contributed by atoms with van der Waals surface area (Å²) in [5.41, 5.74) is 11.8. The summed E-state index contributed by atoms with van der Waals surface area (Å²) in [6, 6.07) is 62.4. The second-order valence-electron chi connectivity index (χ2n) is 22.8. The van der Waals surface area contributed by atoms with Crippen LogP contribution in [0, 0.1) is 0 Å². The van der Waals surface area contributed by atoms with Gasteiger partial charge in [0, 0.05) is 0 Å². The summed E-state index contributed by atoms with van der Waals surface area (Å²) in [5.74, 6) is 0.527. The van der Waals surface area contributed by atoms with Crippen LogP contribution in [0.5, 0.6) is 0 Å². The Morgan fingerprint density at radius 3 is 0.951 bits per heavy atom. The SMILES string of the molecule is [2H]C([2H])([2H])N1[C]2=[Pt]=[C]3N(c4cc(cc(C(C)(C)C)c4)N(c4ccc(N5c6cccc(c6)N6[C](=[Pt]=[C]7N(c8cc5cc(C(C)(C)C)c8)c5ccccc5N7C([2H])([2H])[2H])N(C([2H])([2H])[2H])c5ccccc56)nc4)c4cccc(c4)N2c2ccccc21)c1ccccc1N3C([2H])([2H])[2H]. The maximum atomic E-state index is 9.20. The molecular weight excluding hydrogens is 1370 g/mol. The van der Waals surface area contributed by atoms with Crippen molar-refractivity contribution in [1.82, 2.24) is 4.98 Å². The Kier molecular flexibility index (Phi) is 8.92. The second kappa shape index (κ2) is 18.6. The van der Waals surface area contributed by atoms with E-state index in [1.807, 2.05) is 171 Å². The average molecular weight is 1450 g/mol. The number of hydrogen-bond donors (Lipinski definition) is 0. The van der Waals surface area contributed by atoms with Gasteiger partial charge in [0.2, 0.25) is 0 Å². The molecular formula is C69H63N11Pt2. The number of aromatic nitrogens is 1. The van der Waals surface area contributed by atoms with Gasteiger partial charge in [-0.3, -0.25) is 0 Å². The Labute approximate surface area is 513 Å². The standard InChI is InChI=1S/C69H63N11.2Pt/c1-68(2,3)48-35-55(77-46-73(9)61-27-13-17-31-65(61)77)41-57(37-48)79(52-23-19-21-50(39-52)75-44-71(7)59-25-11-15-29-63(59)75)54-33-34-67(70-43-54)80(53-24-20-22-51(40-53)76-45-72(8)60-26-12-16-30-64(60)76)58-38-49(69(4,5)6)36-56(42-58)78-47-74(10)62-28-14-18-32-66(62)78;;/h11-43H,1-10H3;;/i7D3,8D3,9D3,10D3;;. The normalized spacial score (nSPS) is 19.0. The number of hydrogen-bond acceptors (Lipinski definition) is 11. The van der Waals surface area contributed by atoms with Gasteiger partial charge in [-0.25, -0.2) is 0 Å². The molecule has 9 aromatic rings. The Hall–Kier alpha value is -8.23. The first-order valence-electron chi connectivity index (χ1n) is 32.9. The third-order valence-corrected chi connectivity index (χ3v) is 21.7. The van der Waals surface area contributed by atoms with Gasteiger partial charge in [-0.1, -0.05) is 0 Å². The first-order valence-corrected chi connectivity index (χ1v) is 31.5. The Morgan fingerprint density at radius 2 is 0.610 bits per heavy atom. The van der Waals surface area contributed by atoms with E-state index in [-0.39, 0.29) is 0 Å². The van der Waals surface area contributed by atoms with Crippen LogP contribution in [0.1, 0.15) is 69.1 Å². The summed E-state index contributed by atoms with van der Waals surface area (Å²) in [4.78, 5) is 23.4. The van der Waals surface area contributed by atoms with E-state index >= 15 is 0 Å². The summed E-state index contributed by atoms with van der Waals surface area (Å²) < 4.78 is 112. The van der Waals surface area contributed by atoms with E-state index in [4.69, 9.17) is 13.2 Å². The van der Waals surface area contributed by atoms with Gasteiger partial charge in [0.1, 0.15) is 0 Å². The van der Waals surface area contributed by atoms with E-state index in [1.165, 1.54) is 19.6 Å². The Bertz CT molecular complexity index is 4490. The first kappa shape index (κ1) is 39.2. The van der Waals surface area contributed by atoms with Crippen LogP contribution in [-0.4, -0.2) is 49.5 Å². The van der Waals surface area contributed by atoms with Crippen LogP contribution in [0.2, 0.25) is 0 Å². The molecule has 82 heavy (non-hydrogen) atoms. The maximum absolute atomic E-state index is 9.20. The van der Waals surface area contributed by atoms with Crippen molar-refractivity contribution in [1.29, 1.82) is 0 Å². The van der Waals surface area contributed by atoms with Crippen molar-refractivity contribution >= 4 is 119 Å². The van der Waals surface area contributed by atoms with Crippen LogP contribution in [0.3, 0.4) is 0 Å². The molecule has 13 heteroatoms. The van der Waals surface area contributed by atoms with Crippen molar-refractivity contribution in [2.24, 2.45) is 0 Å². The molecule has 0 aliphatic carbocycles. The topological polar surface area (TPSA) is 45.3 Å². The molecule has 7 heterocycles. The summed E-state index contributed by atoms with van der Waals surface area (Å²) in [5, 5.41) is 0. The molecule has 0 spiro atoms. The fraction of sp³-hybridized carbons (Fsp3) is 0.174. The zero-order chi connectivity index (χ0) is 66.1. The fourth-order valence-electron chi connectivity index (χ4n) is 11.5. The van der Waals surface area contributed by atoms with Crippen molar-refractivity contribution in [3.8, 4) is 0 Å². The van der Waals surface area contributed by atoms with Gasteiger partial charge in [0.15, 0.2) is 0 Å². The van der Waals surface area contributed by atoms with E-state index in [9.17, 15) is 8.22 Å². The number of anilines is 18. The van der Waals surface area contributed by atoms with Gasteiger partial charge < -0.3 is 0 Å². The molecule has 0 unspecified atom stereocenters. The monoisotopic (exact) mass is 1450 g/mol. The number of para-hydroxylation sites is 8. The van der Waals surface area contributed by atoms with Gasteiger partial charge in [0.25, 0.3) is 0 Å². The Morgan fingerprint density at radius 1 is 0.305 bits per heavy atom. The average Bonchev–Trinajstić information content (AvgIpc) is 1.55. The molecule has 0 fully saturated rings. The zero-order valence-electron chi connectivity index (χ0n) is 57.6. The molecule has 1 aromatic heterocycles. The second-order valence-corrected chi connectivity index (χ2v) is 28.0. The predicted molar refractivity (Wildman–Crippen MR) is 339 cm³/mol. The van der Waals surface area contributed by atoms with Gasteiger partial charge in [-0.05, 0) is 0 Å². The molecule has 0 N–H and O–H groups in total. The van der Waals surface area contributed by atoms with E-state index < -0.39 is 74.0 Å². The number of rotatable bonds is 2. The number of nitrogens with zero attached hydrogens (tertiary/aromatic N) is 11. The first-order chi connectivity index (χ1) is 44.4. The van der Waals surface area contributed by atoms with E-state index in [1.54, 1.807) is 12.1 Å². The van der Waals surface area contributed by atoms with Gasteiger partial charge in [0.05, 0.1) is 0 Å². The molecule has 6 aliphatic rings. The quantitative estimate of drug-likeness (QED) is 0.166. The summed E-state index contributed by atoms with van der Waals surface area (Å²) in [6.45, 7) is 2.18. The van der Waals surface area contributed by atoms with Crippen LogP contribution < -0.4 is 49.0 Å². The minimum atomic E-state index is -2.67. The molecule has 8 aromatic carbocycles. The van der Waals surface area contributed by atoms with Crippen LogP contribution in [0.15, 0.2) is 200 Å². The van der Waals surface area contributed by atoms with Crippen molar-refractivity contribution < 1.29 is 51.7 Å². The molecule has 6 aliphatic heterocycles. The molecule has 414 valence electrons. The summed E-state index contributed by atoms with van der Waals surface area (Å²) in [6.07, 6.45) is 1.84. The third-order valence-electron chi connectivity index (χ3n) is 15.6. The molecule has 0 saturated heterocycles. The van der Waals surface area contributed by atoms with E-state index in [0.717, 1.165) is 28.2 Å². The fourth-order valence-corrected chi connectivity index (χ4v) is 17.8. The van der Waals surface area contributed by atoms with Crippen molar-refractivity contribution in [2.75, 3.05) is 76.9 Å². The van der Waals surface area contributed by atoms with Crippen LogP contribution >= 0.6 is 0 Å². The molecule has 0 atom stereocenters. The molecule has 0 radical (unpaired) electrons. The summed E-state index contributed by atoms with van der Waals surface area (Å²) >= 11 is -3.40. The minimum absolute atomic E-state index is 0.439. The predicted octanol–water partition coefficient (Wildman–Crippen LogP) is 15.5. The molecule has 0 amide bonds. The van der Waals surface area contributed by atoms with Crippen LogP contribution in [0.25, 0.3) is 0 Å². The number of fused-ring (bicyclic) bond motifs is 24. The molecule has 11 nitrogen and oxygen atoms in total. The van der Waals surface area contributed by atoms with Crippen molar-refractivity contribution in [3.63, 3.8) is 0 Å². The van der Waals surface area contributed by atoms with Gasteiger partial charge in [-0.2, -0.15) is 0 Å². The van der Waals surface area contributed by atoms with Crippen LogP contribution in [0.4, 0.5) is 103 Å². The van der Waals surface area contributed by atoms with E-state index in [0.29, 0.717) is 102 Å². The van der Waals surface area contributed by atoms with Crippen molar-refractivity contribution in [3.05, 3.63) is 211 Å². The van der Waals surface area contributed by atoms with Crippen molar-refractivity contribution in [2.45, 2.75) is 52.4 Å². The van der Waals surface area contributed by atoms with Gasteiger partial charge in [-0.15, -0.1) is 0 Å². The molecule has 8 bridgehead atoms. The third kappa shape index (κ3) is 7.87. The van der Waals surface area contributed by atoms with Gasteiger partial charge >= 0.3 is 517 Å². The number of pyridine rings is 1. The number of benzene rings is 8.